The summed E-state index contributed by atoms with van der Waals surface area (Å²) in [4.78, 5) is 11.1. The van der Waals surface area contributed by atoms with E-state index in [1.54, 1.807) is 0 Å². The molecule has 0 saturated carbocycles. The summed E-state index contributed by atoms with van der Waals surface area (Å²) >= 11 is 2.21. The van der Waals surface area contributed by atoms with Gasteiger partial charge in [-0.3, -0.25) is 0 Å². The minimum absolute atomic E-state index is 0.326. The Bertz CT molecular complexity index is 606. The molecule has 0 spiro atoms. The third kappa shape index (κ3) is 3.03. The van der Waals surface area contributed by atoms with Crippen LogP contribution in [0.3, 0.4) is 0 Å². The van der Waals surface area contributed by atoms with Crippen LogP contribution in [0.1, 0.15) is 25.5 Å². The molecule has 2 aromatic rings. The molecule has 20 heavy (non-hydrogen) atoms. The number of aromatic nitrogens is 2. The van der Waals surface area contributed by atoms with Crippen LogP contribution >= 0.6 is 22.6 Å². The Labute approximate surface area is 133 Å². The Morgan fingerprint density at radius 3 is 2.20 bits per heavy atom. The lowest BCUT2D eigenvalue weighted by Gasteiger charge is -2.14. The van der Waals surface area contributed by atoms with Crippen LogP contribution < -0.4 is 10.6 Å². The molecule has 1 aromatic carbocycles. The van der Waals surface area contributed by atoms with E-state index in [4.69, 9.17) is 5.73 Å². The lowest BCUT2D eigenvalue weighted by Crippen LogP contribution is -2.08. The van der Waals surface area contributed by atoms with Crippen LogP contribution in [-0.4, -0.2) is 24.1 Å². The van der Waals surface area contributed by atoms with E-state index in [1.165, 1.54) is 0 Å². The summed E-state index contributed by atoms with van der Waals surface area (Å²) in [7, 11) is 4.04. The summed E-state index contributed by atoms with van der Waals surface area (Å²) in [5.41, 5.74) is 9.15. The van der Waals surface area contributed by atoms with Crippen molar-refractivity contribution < 1.29 is 0 Å². The molecule has 0 unspecified atom stereocenters. The fourth-order valence-corrected chi connectivity index (χ4v) is 2.77. The molecule has 0 amide bonds. The maximum Gasteiger partial charge on any atom is 0.161 e. The van der Waals surface area contributed by atoms with E-state index in [-0.39, 0.29) is 0 Å². The summed E-state index contributed by atoms with van der Waals surface area (Å²) < 4.78 is 0.950. The van der Waals surface area contributed by atoms with Crippen LogP contribution in [-0.2, 0) is 0 Å². The molecule has 0 aliphatic rings. The summed E-state index contributed by atoms with van der Waals surface area (Å²) in [6, 6.07) is 8.17. The highest BCUT2D eigenvalue weighted by molar-refractivity contribution is 14.1. The molecule has 0 fully saturated rings. The lowest BCUT2D eigenvalue weighted by atomic mass is 10.1. The molecule has 0 saturated heterocycles. The number of nitrogens with zero attached hydrogens (tertiary/aromatic N) is 3. The van der Waals surface area contributed by atoms with Crippen molar-refractivity contribution in [2.45, 2.75) is 19.8 Å². The van der Waals surface area contributed by atoms with E-state index >= 15 is 0 Å². The minimum atomic E-state index is 0.326. The predicted molar refractivity (Wildman–Crippen MR) is 93.0 cm³/mol. The highest BCUT2D eigenvalue weighted by atomic mass is 127. The SMILES string of the molecule is CC(C)c1nc(-c2ccc(N(C)C)cc2)nc(N)c1I. The number of halogens is 1. The lowest BCUT2D eigenvalue weighted by molar-refractivity contribution is 0.810. The van der Waals surface area contributed by atoms with Gasteiger partial charge in [0, 0.05) is 25.3 Å². The molecule has 2 rings (SSSR count). The second-order valence-corrected chi connectivity index (χ2v) is 6.31. The summed E-state index contributed by atoms with van der Waals surface area (Å²) in [5.74, 6) is 1.57. The average Bonchev–Trinajstić information content (AvgIpc) is 2.41. The van der Waals surface area contributed by atoms with Gasteiger partial charge in [0.15, 0.2) is 5.82 Å². The largest absolute Gasteiger partial charge is 0.383 e. The van der Waals surface area contributed by atoms with E-state index in [2.05, 4.69) is 63.4 Å². The zero-order valence-electron chi connectivity index (χ0n) is 12.2. The predicted octanol–water partition coefficient (Wildman–Crippen LogP) is 3.52. The molecule has 4 nitrogen and oxygen atoms in total. The smallest absolute Gasteiger partial charge is 0.161 e. The molecular formula is C15H19IN4. The average molecular weight is 382 g/mol. The van der Waals surface area contributed by atoms with Gasteiger partial charge in [-0.05, 0) is 52.8 Å². The first-order valence-electron chi connectivity index (χ1n) is 6.50. The van der Waals surface area contributed by atoms with E-state index in [0.717, 1.165) is 20.5 Å². The van der Waals surface area contributed by atoms with E-state index in [9.17, 15) is 0 Å². The Morgan fingerprint density at radius 1 is 1.10 bits per heavy atom. The zero-order chi connectivity index (χ0) is 14.9. The Hall–Kier alpha value is -1.37. The molecule has 0 atom stereocenters. The van der Waals surface area contributed by atoms with Crippen molar-refractivity contribution in [3.8, 4) is 11.4 Å². The first kappa shape index (κ1) is 15.0. The number of anilines is 2. The summed E-state index contributed by atoms with van der Waals surface area (Å²) in [6.07, 6.45) is 0. The number of hydrogen-bond acceptors (Lipinski definition) is 4. The van der Waals surface area contributed by atoms with Crippen molar-refractivity contribution >= 4 is 34.1 Å². The maximum atomic E-state index is 6.01. The van der Waals surface area contributed by atoms with Gasteiger partial charge in [0.25, 0.3) is 0 Å². The van der Waals surface area contributed by atoms with Gasteiger partial charge < -0.3 is 10.6 Å². The van der Waals surface area contributed by atoms with Gasteiger partial charge in [0.1, 0.15) is 5.82 Å². The first-order valence-corrected chi connectivity index (χ1v) is 7.58. The van der Waals surface area contributed by atoms with Crippen molar-refractivity contribution in [3.63, 3.8) is 0 Å². The van der Waals surface area contributed by atoms with Crippen molar-refractivity contribution in [3.05, 3.63) is 33.5 Å². The summed E-state index contributed by atoms with van der Waals surface area (Å²) in [6.45, 7) is 4.23. The van der Waals surface area contributed by atoms with Crippen LogP contribution in [0.5, 0.6) is 0 Å². The molecule has 2 N–H and O–H groups in total. The first-order chi connectivity index (χ1) is 9.40. The van der Waals surface area contributed by atoms with Crippen molar-refractivity contribution in [1.82, 2.24) is 9.97 Å². The fourth-order valence-electron chi connectivity index (χ4n) is 1.90. The molecule has 1 heterocycles. The van der Waals surface area contributed by atoms with Gasteiger partial charge in [0.2, 0.25) is 0 Å². The molecule has 106 valence electrons. The number of nitrogen functional groups attached to an aromatic ring is 1. The molecule has 0 aliphatic carbocycles. The van der Waals surface area contributed by atoms with E-state index in [0.29, 0.717) is 17.6 Å². The molecule has 0 aliphatic heterocycles. The van der Waals surface area contributed by atoms with Gasteiger partial charge in [-0.2, -0.15) is 0 Å². The highest BCUT2D eigenvalue weighted by Gasteiger charge is 2.14. The van der Waals surface area contributed by atoms with E-state index < -0.39 is 0 Å². The number of hydrogen-bond donors (Lipinski definition) is 1. The molecule has 1 aromatic heterocycles. The topological polar surface area (TPSA) is 55.0 Å². The van der Waals surface area contributed by atoms with Gasteiger partial charge in [-0.25, -0.2) is 9.97 Å². The Balaban J connectivity index is 2.47. The van der Waals surface area contributed by atoms with Gasteiger partial charge in [-0.1, -0.05) is 13.8 Å². The quantitative estimate of drug-likeness (QED) is 0.826. The second kappa shape index (κ2) is 5.95. The van der Waals surface area contributed by atoms with Crippen LogP contribution in [0.2, 0.25) is 0 Å². The third-order valence-electron chi connectivity index (χ3n) is 3.09. The van der Waals surface area contributed by atoms with Crippen molar-refractivity contribution in [2.75, 3.05) is 24.7 Å². The van der Waals surface area contributed by atoms with Gasteiger partial charge in [0.05, 0.1) is 9.26 Å². The second-order valence-electron chi connectivity index (χ2n) is 5.23. The highest BCUT2D eigenvalue weighted by Crippen LogP contribution is 2.27. The van der Waals surface area contributed by atoms with Crippen molar-refractivity contribution in [1.29, 1.82) is 0 Å². The van der Waals surface area contributed by atoms with Gasteiger partial charge in [-0.15, -0.1) is 0 Å². The van der Waals surface area contributed by atoms with Crippen LogP contribution in [0.25, 0.3) is 11.4 Å². The third-order valence-corrected chi connectivity index (χ3v) is 4.20. The maximum absolute atomic E-state index is 6.01. The number of nitrogens with two attached hydrogens (primary N) is 1. The Kier molecular flexibility index (Phi) is 4.47. The normalized spacial score (nSPS) is 10.9. The Morgan fingerprint density at radius 2 is 1.70 bits per heavy atom. The monoisotopic (exact) mass is 382 g/mol. The van der Waals surface area contributed by atoms with E-state index in [1.807, 2.05) is 26.2 Å². The molecule has 0 bridgehead atoms. The molecule has 5 heteroatoms. The van der Waals surface area contributed by atoms with Crippen LogP contribution in [0.15, 0.2) is 24.3 Å². The summed E-state index contributed by atoms with van der Waals surface area (Å²) in [5, 5.41) is 0. The van der Waals surface area contributed by atoms with Crippen molar-refractivity contribution in [2.24, 2.45) is 0 Å². The molecule has 0 radical (unpaired) electrons. The minimum Gasteiger partial charge on any atom is -0.383 e. The van der Waals surface area contributed by atoms with Crippen LogP contribution in [0, 0.1) is 3.57 Å². The number of rotatable bonds is 3. The zero-order valence-corrected chi connectivity index (χ0v) is 14.3. The van der Waals surface area contributed by atoms with Crippen LogP contribution in [0.4, 0.5) is 11.5 Å². The molecular weight excluding hydrogens is 363 g/mol. The number of benzene rings is 1. The fraction of sp³-hybridized carbons (Fsp3) is 0.333. The standard InChI is InChI=1S/C15H19IN4/c1-9(2)13-12(16)14(17)19-15(18-13)10-5-7-11(8-6-10)20(3)4/h5-9H,1-4H3,(H2,17,18,19). The van der Waals surface area contributed by atoms with Gasteiger partial charge >= 0.3 is 0 Å².